The molecule has 1 aromatic carbocycles. The molecule has 0 radical (unpaired) electrons. The summed E-state index contributed by atoms with van der Waals surface area (Å²) in [5.41, 5.74) is 8.03. The van der Waals surface area contributed by atoms with Gasteiger partial charge in [0.1, 0.15) is 18.0 Å². The van der Waals surface area contributed by atoms with Gasteiger partial charge in [0.05, 0.1) is 18.0 Å². The van der Waals surface area contributed by atoms with E-state index in [9.17, 15) is 9.59 Å². The number of benzene rings is 1. The van der Waals surface area contributed by atoms with Crippen LogP contribution in [0.4, 0.5) is 17.3 Å². The molecular formula is C26H29N7O2. The Morgan fingerprint density at radius 2 is 1.86 bits per heavy atom. The van der Waals surface area contributed by atoms with Crippen molar-refractivity contribution >= 4 is 28.1 Å². The number of nitrogens with two attached hydrogens (primary N) is 1. The van der Waals surface area contributed by atoms with Crippen LogP contribution in [0.2, 0.25) is 0 Å². The van der Waals surface area contributed by atoms with E-state index >= 15 is 0 Å². The third-order valence-electron chi connectivity index (χ3n) is 5.78. The molecule has 0 saturated heterocycles. The minimum absolute atomic E-state index is 0. The molecule has 0 spiro atoms. The maximum Gasteiger partial charge on any atom is 0.268 e. The lowest BCUT2D eigenvalue weighted by molar-refractivity contribution is 0.541. The quantitative estimate of drug-likeness (QED) is 0.409. The maximum absolute atomic E-state index is 13.8. The van der Waals surface area contributed by atoms with Crippen LogP contribution in [0, 0.1) is 6.57 Å². The van der Waals surface area contributed by atoms with Crippen LogP contribution in [0.25, 0.3) is 26.7 Å². The van der Waals surface area contributed by atoms with Gasteiger partial charge in [-0.1, -0.05) is 25.6 Å². The van der Waals surface area contributed by atoms with Gasteiger partial charge in [-0.2, -0.15) is 0 Å². The number of pyridine rings is 2. The van der Waals surface area contributed by atoms with Crippen LogP contribution in [-0.4, -0.2) is 19.1 Å². The van der Waals surface area contributed by atoms with Gasteiger partial charge in [-0.3, -0.25) is 9.59 Å². The maximum atomic E-state index is 13.8. The van der Waals surface area contributed by atoms with E-state index in [1.165, 1.54) is 17.0 Å². The highest BCUT2D eigenvalue weighted by Gasteiger charge is 2.21. The molecule has 3 aromatic heterocycles. The lowest BCUT2D eigenvalue weighted by Crippen LogP contribution is -2.28. The Morgan fingerprint density at radius 1 is 1.11 bits per heavy atom. The number of nitrogen functional groups attached to an aromatic ring is 1. The van der Waals surface area contributed by atoms with Gasteiger partial charge in [-0.25, -0.2) is 14.8 Å². The summed E-state index contributed by atoms with van der Waals surface area (Å²) in [6.07, 6.45) is 3.04. The van der Waals surface area contributed by atoms with E-state index in [1.54, 1.807) is 23.9 Å². The molecule has 4 rings (SSSR count). The zero-order valence-corrected chi connectivity index (χ0v) is 19.4. The lowest BCUT2D eigenvalue weighted by Gasteiger charge is -2.24. The van der Waals surface area contributed by atoms with Crippen LogP contribution < -0.4 is 22.2 Å². The van der Waals surface area contributed by atoms with Gasteiger partial charge >= 0.3 is 0 Å². The van der Waals surface area contributed by atoms with Crippen LogP contribution >= 0.6 is 0 Å². The third-order valence-corrected chi connectivity index (χ3v) is 5.78. The van der Waals surface area contributed by atoms with Gasteiger partial charge < -0.3 is 20.2 Å². The SMILES string of the molecule is C.[C-]#[N+]c1c(N)ncnc1N[C@@H](C)c1cc2cccc(-c3ccc(=O)n(C)c3)c2c(=O)n1C(C)C. The van der Waals surface area contributed by atoms with Gasteiger partial charge in [-0.15, -0.1) is 0 Å². The second-order valence-corrected chi connectivity index (χ2v) is 8.41. The monoisotopic (exact) mass is 471 g/mol. The Hall–Kier alpha value is -4.45. The van der Waals surface area contributed by atoms with Gasteiger partial charge in [-0.05, 0) is 49.4 Å². The van der Waals surface area contributed by atoms with E-state index in [4.69, 9.17) is 12.3 Å². The molecule has 0 saturated carbocycles. The van der Waals surface area contributed by atoms with Gasteiger partial charge in [0.25, 0.3) is 11.2 Å². The molecule has 3 heterocycles. The first-order valence-corrected chi connectivity index (χ1v) is 10.8. The van der Waals surface area contributed by atoms with Crippen LogP contribution in [0.5, 0.6) is 0 Å². The second kappa shape index (κ2) is 9.81. The van der Waals surface area contributed by atoms with Crippen molar-refractivity contribution < 1.29 is 0 Å². The Kier molecular flexibility index (Phi) is 7.06. The topological polar surface area (TPSA) is 112 Å². The number of hydrogen-bond donors (Lipinski definition) is 2. The van der Waals surface area contributed by atoms with Crippen molar-refractivity contribution in [2.45, 2.75) is 40.3 Å². The summed E-state index contributed by atoms with van der Waals surface area (Å²) >= 11 is 0. The zero-order valence-electron chi connectivity index (χ0n) is 19.4. The molecule has 4 aromatic rings. The summed E-state index contributed by atoms with van der Waals surface area (Å²) in [4.78, 5) is 37.2. The smallest absolute Gasteiger partial charge is 0.268 e. The molecule has 0 aliphatic carbocycles. The van der Waals surface area contributed by atoms with Crippen molar-refractivity contribution in [1.29, 1.82) is 0 Å². The third kappa shape index (κ3) is 4.51. The van der Waals surface area contributed by atoms with Crippen LogP contribution in [0.1, 0.15) is 46.0 Å². The minimum atomic E-state index is -0.351. The molecule has 0 aliphatic heterocycles. The summed E-state index contributed by atoms with van der Waals surface area (Å²) in [7, 11) is 1.69. The first-order valence-electron chi connectivity index (χ1n) is 10.8. The first kappa shape index (κ1) is 25.2. The Morgan fingerprint density at radius 3 is 2.51 bits per heavy atom. The number of rotatable bonds is 5. The van der Waals surface area contributed by atoms with E-state index in [-0.39, 0.29) is 42.1 Å². The summed E-state index contributed by atoms with van der Waals surface area (Å²) in [6.45, 7) is 13.2. The highest BCUT2D eigenvalue weighted by Crippen LogP contribution is 2.32. The average Bonchev–Trinajstić information content (AvgIpc) is 2.80. The molecule has 0 amide bonds. The second-order valence-electron chi connectivity index (χ2n) is 8.41. The first-order chi connectivity index (χ1) is 16.2. The van der Waals surface area contributed by atoms with Crippen molar-refractivity contribution in [1.82, 2.24) is 19.1 Å². The summed E-state index contributed by atoms with van der Waals surface area (Å²) < 4.78 is 3.24. The van der Waals surface area contributed by atoms with Crippen molar-refractivity contribution in [3.05, 3.63) is 86.7 Å². The Labute approximate surface area is 203 Å². The van der Waals surface area contributed by atoms with Crippen molar-refractivity contribution in [3.63, 3.8) is 0 Å². The fourth-order valence-corrected chi connectivity index (χ4v) is 4.14. The number of aryl methyl sites for hydroxylation is 1. The van der Waals surface area contributed by atoms with Crippen LogP contribution in [0.15, 0.2) is 58.5 Å². The van der Waals surface area contributed by atoms with Crippen molar-refractivity contribution in [3.8, 4) is 11.1 Å². The number of nitrogens with one attached hydrogen (secondary N) is 1. The van der Waals surface area contributed by atoms with E-state index < -0.39 is 0 Å². The summed E-state index contributed by atoms with van der Waals surface area (Å²) in [5.74, 6) is 0.415. The number of anilines is 2. The van der Waals surface area contributed by atoms with Crippen molar-refractivity contribution in [2.75, 3.05) is 11.1 Å². The zero-order chi connectivity index (χ0) is 24.6. The van der Waals surface area contributed by atoms with Gasteiger partial charge in [0.2, 0.25) is 5.56 Å². The molecule has 180 valence electrons. The van der Waals surface area contributed by atoms with Crippen LogP contribution in [-0.2, 0) is 7.05 Å². The Bertz CT molecular complexity index is 1560. The number of nitrogens with zero attached hydrogens (tertiary/aromatic N) is 5. The molecule has 0 fully saturated rings. The van der Waals surface area contributed by atoms with E-state index in [1.807, 2.05) is 45.0 Å². The van der Waals surface area contributed by atoms with Gasteiger partial charge in [0, 0.05) is 31.0 Å². The molecule has 0 bridgehead atoms. The number of fused-ring (bicyclic) bond motifs is 1. The fraction of sp³-hybridized carbons (Fsp3) is 0.269. The molecule has 0 unspecified atom stereocenters. The van der Waals surface area contributed by atoms with E-state index in [0.717, 1.165) is 22.2 Å². The number of hydrogen-bond acceptors (Lipinski definition) is 6. The molecular weight excluding hydrogens is 442 g/mol. The normalized spacial score (nSPS) is 11.7. The molecule has 1 atom stereocenters. The average molecular weight is 472 g/mol. The fourth-order valence-electron chi connectivity index (χ4n) is 4.14. The molecule has 0 aliphatic rings. The standard InChI is InChI=1S/C25H25N7O2.CH4/c1-14(2)32-19(15(3)30-24-22(27-4)23(26)28-13-29-24)11-16-7-6-8-18(21(16)25(32)34)17-9-10-20(33)31(5)12-17;/h6-15H,1-3,5H3,(H3,26,28,29,30);1H4/t15-;/m0./s1. The molecule has 35 heavy (non-hydrogen) atoms. The minimum Gasteiger partial charge on any atom is -0.392 e. The predicted octanol–water partition coefficient (Wildman–Crippen LogP) is 4.68. The number of aromatic nitrogens is 4. The van der Waals surface area contributed by atoms with E-state index in [2.05, 4.69) is 20.1 Å². The van der Waals surface area contributed by atoms with E-state index in [0.29, 0.717) is 11.2 Å². The largest absolute Gasteiger partial charge is 0.392 e. The Balaban J connectivity index is 0.00000342. The molecule has 3 N–H and O–H groups in total. The summed E-state index contributed by atoms with van der Waals surface area (Å²) in [5, 5.41) is 4.59. The summed E-state index contributed by atoms with van der Waals surface area (Å²) in [6, 6.07) is 10.4. The van der Waals surface area contributed by atoms with Crippen LogP contribution in [0.3, 0.4) is 0 Å². The predicted molar refractivity (Wildman–Crippen MR) is 141 cm³/mol. The van der Waals surface area contributed by atoms with Gasteiger partial charge in [0.15, 0.2) is 0 Å². The highest BCUT2D eigenvalue weighted by atomic mass is 16.1. The lowest BCUT2D eigenvalue weighted by atomic mass is 9.98. The highest BCUT2D eigenvalue weighted by molar-refractivity contribution is 5.96. The molecule has 9 nitrogen and oxygen atoms in total. The van der Waals surface area contributed by atoms with Crippen molar-refractivity contribution in [2.24, 2.45) is 7.05 Å². The molecule has 9 heteroatoms.